The van der Waals surface area contributed by atoms with E-state index in [-0.39, 0.29) is 5.41 Å². The van der Waals surface area contributed by atoms with Gasteiger partial charge in [0.05, 0.1) is 11.5 Å². The third-order valence-electron chi connectivity index (χ3n) is 3.27. The Labute approximate surface area is 99.7 Å². The quantitative estimate of drug-likeness (QED) is 0.551. The molecule has 0 heterocycles. The summed E-state index contributed by atoms with van der Waals surface area (Å²) in [6, 6.07) is 2.34. The van der Waals surface area contributed by atoms with E-state index >= 15 is 0 Å². The maximum Gasteiger partial charge on any atom is 0.0683 e. The van der Waals surface area contributed by atoms with Gasteiger partial charge in [-0.2, -0.15) is 5.26 Å². The zero-order chi connectivity index (χ0) is 11.9. The van der Waals surface area contributed by atoms with Gasteiger partial charge in [0.1, 0.15) is 0 Å². The molecule has 0 bridgehead atoms. The molecule has 1 aliphatic rings. The number of hydrogen-bond donors (Lipinski definition) is 1. The highest BCUT2D eigenvalue weighted by atomic mass is 14.9. The fourth-order valence-electron chi connectivity index (χ4n) is 2.06. The van der Waals surface area contributed by atoms with Crippen molar-refractivity contribution in [3.63, 3.8) is 0 Å². The second-order valence-electron chi connectivity index (χ2n) is 5.45. The van der Waals surface area contributed by atoms with E-state index in [4.69, 9.17) is 5.26 Å². The number of nitriles is 1. The predicted octanol–water partition coefficient (Wildman–Crippen LogP) is 3.26. The fraction of sp³-hybridized carbons (Fsp3) is 0.786. The van der Waals surface area contributed by atoms with Crippen molar-refractivity contribution in [3.05, 3.63) is 12.2 Å². The molecule has 16 heavy (non-hydrogen) atoms. The molecule has 90 valence electrons. The van der Waals surface area contributed by atoms with Gasteiger partial charge in [0.2, 0.25) is 0 Å². The fourth-order valence-corrected chi connectivity index (χ4v) is 2.06. The number of allylic oxidation sites excluding steroid dienone is 2. The summed E-state index contributed by atoms with van der Waals surface area (Å²) in [7, 11) is 0. The highest BCUT2D eigenvalue weighted by Gasteiger charge is 2.15. The zero-order valence-corrected chi connectivity index (χ0v) is 10.6. The Bertz CT molecular complexity index is 260. The molecular weight excluding hydrogens is 196 g/mol. The van der Waals surface area contributed by atoms with Crippen molar-refractivity contribution < 1.29 is 0 Å². The zero-order valence-electron chi connectivity index (χ0n) is 10.6. The summed E-state index contributed by atoms with van der Waals surface area (Å²) in [5.41, 5.74) is -0.157. The molecule has 0 saturated carbocycles. The second-order valence-corrected chi connectivity index (χ2v) is 5.45. The van der Waals surface area contributed by atoms with E-state index in [0.717, 1.165) is 31.8 Å². The van der Waals surface area contributed by atoms with E-state index in [2.05, 4.69) is 23.5 Å². The van der Waals surface area contributed by atoms with Crippen LogP contribution < -0.4 is 5.32 Å². The molecule has 0 saturated heterocycles. The largest absolute Gasteiger partial charge is 0.316 e. The van der Waals surface area contributed by atoms with Crippen LogP contribution in [0.15, 0.2) is 12.2 Å². The van der Waals surface area contributed by atoms with Crippen molar-refractivity contribution in [2.45, 2.75) is 46.0 Å². The summed E-state index contributed by atoms with van der Waals surface area (Å²) < 4.78 is 0. The highest BCUT2D eigenvalue weighted by Crippen LogP contribution is 2.20. The first-order valence-corrected chi connectivity index (χ1v) is 6.41. The standard InChI is InChI=1S/C14H24N2/c1-14(2,12-15)9-6-10-16-11-13-7-4-3-5-8-13/h3-4,13,16H,5-11H2,1-2H3. The van der Waals surface area contributed by atoms with Crippen LogP contribution in [0.1, 0.15) is 46.0 Å². The molecule has 0 aromatic rings. The first-order valence-electron chi connectivity index (χ1n) is 6.41. The van der Waals surface area contributed by atoms with Crippen molar-refractivity contribution in [2.24, 2.45) is 11.3 Å². The summed E-state index contributed by atoms with van der Waals surface area (Å²) in [6.45, 7) is 6.21. The SMILES string of the molecule is CC(C)(C#N)CCCNCC1CC=CCC1. The first-order chi connectivity index (χ1) is 7.64. The van der Waals surface area contributed by atoms with E-state index in [1.54, 1.807) is 0 Å². The van der Waals surface area contributed by atoms with Crippen molar-refractivity contribution in [1.82, 2.24) is 5.32 Å². The van der Waals surface area contributed by atoms with E-state index in [9.17, 15) is 0 Å². The normalized spacial score (nSPS) is 20.7. The minimum Gasteiger partial charge on any atom is -0.316 e. The van der Waals surface area contributed by atoms with Gasteiger partial charge < -0.3 is 5.32 Å². The Morgan fingerprint density at radius 1 is 1.44 bits per heavy atom. The molecule has 2 nitrogen and oxygen atoms in total. The molecule has 0 aromatic heterocycles. The van der Waals surface area contributed by atoms with Gasteiger partial charge in [-0.25, -0.2) is 0 Å². The van der Waals surface area contributed by atoms with Crippen LogP contribution in [0.25, 0.3) is 0 Å². The molecule has 1 atom stereocenters. The molecule has 0 spiro atoms. The smallest absolute Gasteiger partial charge is 0.0683 e. The van der Waals surface area contributed by atoms with Gasteiger partial charge in [0.15, 0.2) is 0 Å². The van der Waals surface area contributed by atoms with Crippen LogP contribution in [0, 0.1) is 22.7 Å². The van der Waals surface area contributed by atoms with E-state index in [1.165, 1.54) is 19.3 Å². The summed E-state index contributed by atoms with van der Waals surface area (Å²) in [4.78, 5) is 0. The average molecular weight is 220 g/mol. The molecule has 0 radical (unpaired) electrons. The van der Waals surface area contributed by atoms with Crippen LogP contribution >= 0.6 is 0 Å². The van der Waals surface area contributed by atoms with Gasteiger partial charge in [0.25, 0.3) is 0 Å². The maximum atomic E-state index is 8.88. The molecule has 0 aliphatic heterocycles. The highest BCUT2D eigenvalue weighted by molar-refractivity contribution is 4.92. The van der Waals surface area contributed by atoms with Gasteiger partial charge in [-0.05, 0) is 65.0 Å². The lowest BCUT2D eigenvalue weighted by Gasteiger charge is -2.19. The van der Waals surface area contributed by atoms with Crippen molar-refractivity contribution in [1.29, 1.82) is 5.26 Å². The van der Waals surface area contributed by atoms with E-state index in [0.29, 0.717) is 0 Å². The molecule has 0 amide bonds. The predicted molar refractivity (Wildman–Crippen MR) is 68.0 cm³/mol. The lowest BCUT2D eigenvalue weighted by atomic mass is 9.90. The van der Waals surface area contributed by atoms with Crippen LogP contribution in [-0.2, 0) is 0 Å². The van der Waals surface area contributed by atoms with Gasteiger partial charge in [0, 0.05) is 0 Å². The lowest BCUT2D eigenvalue weighted by Crippen LogP contribution is -2.25. The number of hydrogen-bond acceptors (Lipinski definition) is 2. The molecule has 2 heteroatoms. The summed E-state index contributed by atoms with van der Waals surface area (Å²) >= 11 is 0. The van der Waals surface area contributed by atoms with Crippen molar-refractivity contribution in [3.8, 4) is 6.07 Å². The van der Waals surface area contributed by atoms with Crippen molar-refractivity contribution >= 4 is 0 Å². The van der Waals surface area contributed by atoms with Crippen LogP contribution in [0.2, 0.25) is 0 Å². The first kappa shape index (κ1) is 13.3. The number of nitrogens with one attached hydrogen (secondary N) is 1. The maximum absolute atomic E-state index is 8.88. The van der Waals surface area contributed by atoms with Crippen LogP contribution in [0.4, 0.5) is 0 Å². The molecular formula is C14H24N2. The topological polar surface area (TPSA) is 35.8 Å². The van der Waals surface area contributed by atoms with Crippen LogP contribution in [0.5, 0.6) is 0 Å². The van der Waals surface area contributed by atoms with Gasteiger partial charge >= 0.3 is 0 Å². The monoisotopic (exact) mass is 220 g/mol. The Morgan fingerprint density at radius 2 is 2.25 bits per heavy atom. The van der Waals surface area contributed by atoms with E-state index < -0.39 is 0 Å². The molecule has 1 aliphatic carbocycles. The molecule has 1 rings (SSSR count). The molecule has 1 N–H and O–H groups in total. The van der Waals surface area contributed by atoms with Crippen molar-refractivity contribution in [2.75, 3.05) is 13.1 Å². The van der Waals surface area contributed by atoms with E-state index in [1.807, 2.05) is 13.8 Å². The summed E-state index contributed by atoms with van der Waals surface area (Å²) in [5, 5.41) is 12.4. The number of nitrogens with zero attached hydrogens (tertiary/aromatic N) is 1. The van der Waals surface area contributed by atoms with Crippen LogP contribution in [-0.4, -0.2) is 13.1 Å². The Hall–Kier alpha value is -0.810. The Morgan fingerprint density at radius 3 is 2.88 bits per heavy atom. The second kappa shape index (κ2) is 6.70. The van der Waals surface area contributed by atoms with Gasteiger partial charge in [-0.15, -0.1) is 0 Å². The Balaban J connectivity index is 2.00. The summed E-state index contributed by atoms with van der Waals surface area (Å²) in [5.74, 6) is 0.828. The molecule has 0 aromatic carbocycles. The number of rotatable bonds is 6. The van der Waals surface area contributed by atoms with Gasteiger partial charge in [-0.1, -0.05) is 12.2 Å². The minimum atomic E-state index is -0.157. The third-order valence-corrected chi connectivity index (χ3v) is 3.27. The molecule has 0 fully saturated rings. The minimum absolute atomic E-state index is 0.157. The van der Waals surface area contributed by atoms with Crippen LogP contribution in [0.3, 0.4) is 0 Å². The third kappa shape index (κ3) is 5.32. The van der Waals surface area contributed by atoms with Gasteiger partial charge in [-0.3, -0.25) is 0 Å². The average Bonchev–Trinajstić information content (AvgIpc) is 2.30. The summed E-state index contributed by atoms with van der Waals surface area (Å²) in [6.07, 6.45) is 10.5. The molecule has 1 unspecified atom stereocenters. The lowest BCUT2D eigenvalue weighted by molar-refractivity contribution is 0.402. The Kier molecular flexibility index (Phi) is 5.55.